The van der Waals surface area contributed by atoms with E-state index < -0.39 is 18.4 Å². The van der Waals surface area contributed by atoms with Crippen LogP contribution < -0.4 is 10.2 Å². The van der Waals surface area contributed by atoms with E-state index in [2.05, 4.69) is 5.32 Å². The third-order valence-corrected chi connectivity index (χ3v) is 3.53. The molecule has 1 aromatic rings. The number of anilines is 1. The van der Waals surface area contributed by atoms with Crippen LogP contribution in [0, 0.1) is 0 Å². The zero-order valence-corrected chi connectivity index (χ0v) is 12.4. The SMILES string of the molecule is CC1(OCC(=O)N(CC(=O)O)c2ccc(Cl)cc2)CNC1. The summed E-state index contributed by atoms with van der Waals surface area (Å²) in [6.45, 7) is 2.69. The number of amides is 1. The molecule has 1 saturated heterocycles. The van der Waals surface area contributed by atoms with Gasteiger partial charge >= 0.3 is 5.97 Å². The van der Waals surface area contributed by atoms with Crippen LogP contribution in [0.1, 0.15) is 6.92 Å². The second-order valence-electron chi connectivity index (χ2n) is 5.19. The predicted octanol–water partition coefficient (Wildman–Crippen LogP) is 1.14. The van der Waals surface area contributed by atoms with Gasteiger partial charge < -0.3 is 15.2 Å². The number of aliphatic carboxylic acids is 1. The molecule has 1 aliphatic heterocycles. The Bertz CT molecular complexity index is 528. The molecule has 7 heteroatoms. The fraction of sp³-hybridized carbons (Fsp3) is 0.429. The Morgan fingerprint density at radius 3 is 2.48 bits per heavy atom. The minimum Gasteiger partial charge on any atom is -0.480 e. The molecule has 0 atom stereocenters. The average Bonchev–Trinajstić information content (AvgIpc) is 2.41. The number of hydrogen-bond donors (Lipinski definition) is 2. The second-order valence-corrected chi connectivity index (χ2v) is 5.63. The van der Waals surface area contributed by atoms with Crippen molar-refractivity contribution in [3.05, 3.63) is 29.3 Å². The number of carbonyl (C=O) groups excluding carboxylic acids is 1. The number of hydrogen-bond acceptors (Lipinski definition) is 4. The highest BCUT2D eigenvalue weighted by atomic mass is 35.5. The van der Waals surface area contributed by atoms with Gasteiger partial charge in [-0.2, -0.15) is 0 Å². The van der Waals surface area contributed by atoms with E-state index in [0.717, 1.165) is 0 Å². The zero-order chi connectivity index (χ0) is 15.5. The molecule has 0 saturated carbocycles. The number of carboxylic acids is 1. The summed E-state index contributed by atoms with van der Waals surface area (Å²) in [6, 6.07) is 6.43. The van der Waals surface area contributed by atoms with E-state index in [1.54, 1.807) is 24.3 Å². The number of rotatable bonds is 6. The van der Waals surface area contributed by atoms with E-state index in [1.165, 1.54) is 4.90 Å². The number of benzene rings is 1. The summed E-state index contributed by atoms with van der Waals surface area (Å²) in [4.78, 5) is 24.4. The van der Waals surface area contributed by atoms with Gasteiger partial charge in [-0.1, -0.05) is 11.6 Å². The number of halogens is 1. The van der Waals surface area contributed by atoms with Crippen LogP contribution in [0.25, 0.3) is 0 Å². The van der Waals surface area contributed by atoms with Crippen LogP contribution in [0.4, 0.5) is 5.69 Å². The molecule has 1 aromatic carbocycles. The van der Waals surface area contributed by atoms with E-state index in [4.69, 9.17) is 21.4 Å². The van der Waals surface area contributed by atoms with Crippen LogP contribution in [0.3, 0.4) is 0 Å². The maximum Gasteiger partial charge on any atom is 0.323 e. The van der Waals surface area contributed by atoms with Crippen molar-refractivity contribution in [3.8, 4) is 0 Å². The molecule has 2 rings (SSSR count). The molecule has 0 unspecified atom stereocenters. The first kappa shape index (κ1) is 15.8. The molecular weight excluding hydrogens is 296 g/mol. The molecule has 0 aliphatic carbocycles. The van der Waals surface area contributed by atoms with Gasteiger partial charge in [-0.25, -0.2) is 0 Å². The monoisotopic (exact) mass is 312 g/mol. The summed E-state index contributed by atoms with van der Waals surface area (Å²) in [5, 5.41) is 12.5. The van der Waals surface area contributed by atoms with Gasteiger partial charge in [0.05, 0.1) is 5.60 Å². The number of nitrogens with one attached hydrogen (secondary N) is 1. The van der Waals surface area contributed by atoms with Crippen LogP contribution in [-0.2, 0) is 14.3 Å². The Kier molecular flexibility index (Phi) is 4.82. The lowest BCUT2D eigenvalue weighted by Crippen LogP contribution is -2.59. The predicted molar refractivity (Wildman–Crippen MR) is 78.7 cm³/mol. The van der Waals surface area contributed by atoms with E-state index >= 15 is 0 Å². The fourth-order valence-corrected chi connectivity index (χ4v) is 2.10. The minimum absolute atomic E-state index is 0.159. The molecule has 1 heterocycles. The summed E-state index contributed by atoms with van der Waals surface area (Å²) < 4.78 is 5.56. The highest BCUT2D eigenvalue weighted by Gasteiger charge is 2.33. The third-order valence-electron chi connectivity index (χ3n) is 3.27. The molecule has 21 heavy (non-hydrogen) atoms. The molecular formula is C14H17ClN2O4. The molecule has 0 bridgehead atoms. The van der Waals surface area contributed by atoms with Gasteiger partial charge in [0.15, 0.2) is 0 Å². The minimum atomic E-state index is -1.09. The third kappa shape index (κ3) is 4.17. The standard InChI is InChI=1S/C14H17ClN2O4/c1-14(8-16-9-14)21-7-12(18)17(6-13(19)20)11-4-2-10(15)3-5-11/h2-5,16H,6-9H2,1H3,(H,19,20). The molecule has 2 N–H and O–H groups in total. The van der Waals surface area contributed by atoms with Crippen molar-refractivity contribution in [1.29, 1.82) is 0 Å². The van der Waals surface area contributed by atoms with E-state index in [0.29, 0.717) is 23.8 Å². The molecule has 114 valence electrons. The number of carbonyl (C=O) groups is 2. The van der Waals surface area contributed by atoms with Gasteiger partial charge in [0.2, 0.25) is 0 Å². The van der Waals surface area contributed by atoms with Crippen molar-refractivity contribution < 1.29 is 19.4 Å². The van der Waals surface area contributed by atoms with Crippen LogP contribution in [-0.4, -0.2) is 48.8 Å². The van der Waals surface area contributed by atoms with Gasteiger partial charge in [0, 0.05) is 23.8 Å². The Morgan fingerprint density at radius 2 is 2.00 bits per heavy atom. The molecule has 1 fully saturated rings. The first-order valence-corrected chi connectivity index (χ1v) is 6.90. The molecule has 6 nitrogen and oxygen atoms in total. The zero-order valence-electron chi connectivity index (χ0n) is 11.6. The Hall–Kier alpha value is -1.63. The van der Waals surface area contributed by atoms with Crippen molar-refractivity contribution in [2.45, 2.75) is 12.5 Å². The van der Waals surface area contributed by atoms with Crippen molar-refractivity contribution in [1.82, 2.24) is 5.32 Å². The van der Waals surface area contributed by atoms with Crippen LogP contribution in [0.5, 0.6) is 0 Å². The summed E-state index contributed by atoms with van der Waals surface area (Å²) >= 11 is 5.80. The fourth-order valence-electron chi connectivity index (χ4n) is 1.97. The lowest BCUT2D eigenvalue weighted by Gasteiger charge is -2.39. The van der Waals surface area contributed by atoms with E-state index in [-0.39, 0.29) is 12.2 Å². The normalized spacial score (nSPS) is 16.1. The highest BCUT2D eigenvalue weighted by Crippen LogP contribution is 2.20. The van der Waals surface area contributed by atoms with Gasteiger partial charge in [0.1, 0.15) is 13.2 Å². The Morgan fingerprint density at radius 1 is 1.38 bits per heavy atom. The van der Waals surface area contributed by atoms with Crippen molar-refractivity contribution >= 4 is 29.2 Å². The van der Waals surface area contributed by atoms with Crippen LogP contribution in [0.2, 0.25) is 5.02 Å². The number of ether oxygens (including phenoxy) is 1. The second kappa shape index (κ2) is 6.43. The van der Waals surface area contributed by atoms with Crippen molar-refractivity contribution in [3.63, 3.8) is 0 Å². The van der Waals surface area contributed by atoms with Crippen LogP contribution >= 0.6 is 11.6 Å². The molecule has 1 aliphatic rings. The topological polar surface area (TPSA) is 78.9 Å². The number of carboxylic acid groups (broad SMARTS) is 1. The Labute approximate surface area is 127 Å². The summed E-state index contributed by atoms with van der Waals surface area (Å²) in [5.74, 6) is -1.48. The highest BCUT2D eigenvalue weighted by molar-refractivity contribution is 6.30. The van der Waals surface area contributed by atoms with Crippen molar-refractivity contribution in [2.75, 3.05) is 31.1 Å². The first-order chi connectivity index (χ1) is 9.89. The maximum atomic E-state index is 12.2. The van der Waals surface area contributed by atoms with Crippen LogP contribution in [0.15, 0.2) is 24.3 Å². The van der Waals surface area contributed by atoms with E-state index in [9.17, 15) is 9.59 Å². The lowest BCUT2D eigenvalue weighted by atomic mass is 10.0. The Balaban J connectivity index is 2.05. The van der Waals surface area contributed by atoms with E-state index in [1.807, 2.05) is 6.92 Å². The lowest BCUT2D eigenvalue weighted by molar-refractivity contribution is -0.139. The molecule has 0 radical (unpaired) electrons. The largest absolute Gasteiger partial charge is 0.480 e. The summed E-state index contributed by atoms with van der Waals surface area (Å²) in [7, 11) is 0. The van der Waals surface area contributed by atoms with Crippen molar-refractivity contribution in [2.24, 2.45) is 0 Å². The summed E-state index contributed by atoms with van der Waals surface area (Å²) in [5.41, 5.74) is 0.122. The first-order valence-electron chi connectivity index (χ1n) is 6.52. The quantitative estimate of drug-likeness (QED) is 0.823. The average molecular weight is 313 g/mol. The molecule has 1 amide bonds. The van der Waals surface area contributed by atoms with Gasteiger partial charge in [0.25, 0.3) is 5.91 Å². The van der Waals surface area contributed by atoms with Gasteiger partial charge in [-0.3, -0.25) is 14.5 Å². The molecule has 0 aromatic heterocycles. The number of nitrogens with zero attached hydrogens (tertiary/aromatic N) is 1. The smallest absolute Gasteiger partial charge is 0.323 e. The molecule has 0 spiro atoms. The maximum absolute atomic E-state index is 12.2. The summed E-state index contributed by atoms with van der Waals surface area (Å²) in [6.07, 6.45) is 0. The van der Waals surface area contributed by atoms with Gasteiger partial charge in [-0.15, -0.1) is 0 Å². The van der Waals surface area contributed by atoms with Gasteiger partial charge in [-0.05, 0) is 31.2 Å².